The second-order valence-corrected chi connectivity index (χ2v) is 7.19. The van der Waals surface area contributed by atoms with Crippen molar-refractivity contribution < 1.29 is 22.7 Å². The standard InChI is InChI=1S/C14H16FN3O4S/c1-7-8(2)16-5-10(7)9-3-4-11(19)14(13(9)15)18-6-12(20)17-23(18,21)22/h3-4,8,16,19H,5-6H2,1-2H3,(H,17,20). The van der Waals surface area contributed by atoms with Crippen molar-refractivity contribution in [1.82, 2.24) is 10.0 Å². The van der Waals surface area contributed by atoms with Gasteiger partial charge in [-0.1, -0.05) is 5.57 Å². The van der Waals surface area contributed by atoms with E-state index in [1.807, 2.05) is 13.8 Å². The number of halogens is 1. The first kappa shape index (κ1) is 15.8. The summed E-state index contributed by atoms with van der Waals surface area (Å²) in [6.45, 7) is 3.68. The summed E-state index contributed by atoms with van der Waals surface area (Å²) in [6.07, 6.45) is 0. The molecule has 0 bridgehead atoms. The first-order valence-electron chi connectivity index (χ1n) is 7.00. The molecule has 9 heteroatoms. The van der Waals surface area contributed by atoms with Gasteiger partial charge in [0.1, 0.15) is 18.0 Å². The van der Waals surface area contributed by atoms with Gasteiger partial charge in [-0.25, -0.2) is 13.4 Å². The molecule has 3 N–H and O–H groups in total. The van der Waals surface area contributed by atoms with Crippen LogP contribution in [0.1, 0.15) is 19.4 Å². The molecule has 1 unspecified atom stereocenters. The third-order valence-electron chi connectivity index (χ3n) is 4.20. The van der Waals surface area contributed by atoms with Gasteiger partial charge in [0.05, 0.1) is 0 Å². The quantitative estimate of drug-likeness (QED) is 0.727. The van der Waals surface area contributed by atoms with Crippen LogP contribution in [0.5, 0.6) is 5.75 Å². The second-order valence-electron chi connectivity index (χ2n) is 5.60. The maximum absolute atomic E-state index is 14.9. The minimum Gasteiger partial charge on any atom is -0.506 e. The fourth-order valence-corrected chi connectivity index (χ4v) is 3.95. The fraction of sp³-hybridized carbons (Fsp3) is 0.357. The lowest BCUT2D eigenvalue weighted by Gasteiger charge is -2.19. The van der Waals surface area contributed by atoms with E-state index in [-0.39, 0.29) is 11.6 Å². The Morgan fingerprint density at radius 3 is 2.61 bits per heavy atom. The van der Waals surface area contributed by atoms with Crippen molar-refractivity contribution in [3.63, 3.8) is 0 Å². The number of nitrogens with zero attached hydrogens (tertiary/aromatic N) is 1. The van der Waals surface area contributed by atoms with E-state index in [0.29, 0.717) is 16.4 Å². The van der Waals surface area contributed by atoms with Crippen LogP contribution in [0.4, 0.5) is 10.1 Å². The van der Waals surface area contributed by atoms with Crippen molar-refractivity contribution in [2.45, 2.75) is 19.9 Å². The van der Waals surface area contributed by atoms with Crippen LogP contribution in [0, 0.1) is 5.82 Å². The summed E-state index contributed by atoms with van der Waals surface area (Å²) in [7, 11) is -4.20. The van der Waals surface area contributed by atoms with Gasteiger partial charge in [-0.15, -0.1) is 0 Å². The highest BCUT2D eigenvalue weighted by molar-refractivity contribution is 7.92. The number of amides is 1. The number of phenols is 1. The van der Waals surface area contributed by atoms with Crippen molar-refractivity contribution in [3.8, 4) is 5.75 Å². The zero-order valence-electron chi connectivity index (χ0n) is 12.6. The Balaban J connectivity index is 2.17. The SMILES string of the molecule is CC1=C(c2ccc(O)c(N3CC(=O)NS3(=O)=O)c2F)CNC1C. The Morgan fingerprint density at radius 2 is 2.09 bits per heavy atom. The molecular formula is C14H16FN3O4S. The molecule has 0 radical (unpaired) electrons. The molecule has 124 valence electrons. The highest BCUT2D eigenvalue weighted by atomic mass is 32.2. The summed E-state index contributed by atoms with van der Waals surface area (Å²) in [5.41, 5.74) is 1.36. The molecule has 1 saturated heterocycles. The predicted octanol–water partition coefficient (Wildman–Crippen LogP) is 0.477. The average molecular weight is 341 g/mol. The summed E-state index contributed by atoms with van der Waals surface area (Å²) in [6, 6.07) is 2.72. The first-order chi connectivity index (χ1) is 10.7. The molecule has 1 aromatic rings. The molecule has 3 rings (SSSR count). The fourth-order valence-electron chi connectivity index (χ4n) is 2.79. The summed E-state index contributed by atoms with van der Waals surface area (Å²) in [4.78, 5) is 11.3. The highest BCUT2D eigenvalue weighted by Crippen LogP contribution is 2.38. The van der Waals surface area contributed by atoms with Gasteiger partial charge in [0, 0.05) is 18.2 Å². The summed E-state index contributed by atoms with van der Waals surface area (Å²) < 4.78 is 41.1. The van der Waals surface area contributed by atoms with Gasteiger partial charge < -0.3 is 10.4 Å². The van der Waals surface area contributed by atoms with E-state index in [0.717, 1.165) is 5.57 Å². The molecule has 2 aliphatic rings. The maximum Gasteiger partial charge on any atom is 0.326 e. The first-order valence-corrected chi connectivity index (χ1v) is 8.44. The third kappa shape index (κ3) is 2.45. The number of benzene rings is 1. The van der Waals surface area contributed by atoms with Crippen LogP contribution >= 0.6 is 0 Å². The van der Waals surface area contributed by atoms with E-state index >= 15 is 0 Å². The Kier molecular flexibility index (Phi) is 3.56. The summed E-state index contributed by atoms with van der Waals surface area (Å²) in [5, 5.41) is 13.1. The number of hydrogen-bond acceptors (Lipinski definition) is 5. The highest BCUT2D eigenvalue weighted by Gasteiger charge is 2.38. The lowest BCUT2D eigenvalue weighted by atomic mass is 9.99. The average Bonchev–Trinajstić information content (AvgIpc) is 2.91. The van der Waals surface area contributed by atoms with E-state index in [9.17, 15) is 22.7 Å². The number of carbonyl (C=O) groups excluding carboxylic acids is 1. The van der Waals surface area contributed by atoms with E-state index in [1.54, 1.807) is 4.72 Å². The number of carbonyl (C=O) groups is 1. The Labute approximate surface area is 133 Å². The Hall–Kier alpha value is -2.13. The predicted molar refractivity (Wildman–Crippen MR) is 82.5 cm³/mol. The smallest absolute Gasteiger partial charge is 0.326 e. The number of phenolic OH excluding ortho intramolecular Hbond substituents is 1. The van der Waals surface area contributed by atoms with Crippen molar-refractivity contribution in [3.05, 3.63) is 29.1 Å². The van der Waals surface area contributed by atoms with Crippen molar-refractivity contribution in [2.75, 3.05) is 17.4 Å². The van der Waals surface area contributed by atoms with E-state index in [2.05, 4.69) is 5.32 Å². The molecular weight excluding hydrogens is 325 g/mol. The largest absolute Gasteiger partial charge is 0.506 e. The number of hydrogen-bond donors (Lipinski definition) is 3. The second kappa shape index (κ2) is 5.20. The van der Waals surface area contributed by atoms with Crippen LogP contribution in [-0.4, -0.2) is 38.6 Å². The Morgan fingerprint density at radius 1 is 1.39 bits per heavy atom. The molecule has 1 fully saturated rings. The van der Waals surface area contributed by atoms with Crippen molar-refractivity contribution >= 4 is 27.4 Å². The summed E-state index contributed by atoms with van der Waals surface area (Å²) >= 11 is 0. The van der Waals surface area contributed by atoms with Gasteiger partial charge >= 0.3 is 10.2 Å². The monoisotopic (exact) mass is 341 g/mol. The maximum atomic E-state index is 14.9. The topological polar surface area (TPSA) is 98.7 Å². The molecule has 0 spiro atoms. The zero-order chi connectivity index (χ0) is 16.9. The van der Waals surface area contributed by atoms with Crippen LogP contribution < -0.4 is 14.3 Å². The van der Waals surface area contributed by atoms with Crippen LogP contribution in [0.2, 0.25) is 0 Å². The molecule has 1 atom stereocenters. The molecule has 2 heterocycles. The van der Waals surface area contributed by atoms with Crippen LogP contribution in [-0.2, 0) is 15.0 Å². The number of rotatable bonds is 2. The van der Waals surface area contributed by atoms with Gasteiger partial charge in [0.2, 0.25) is 0 Å². The van der Waals surface area contributed by atoms with Crippen LogP contribution in [0.25, 0.3) is 5.57 Å². The lowest BCUT2D eigenvalue weighted by Crippen LogP contribution is -2.30. The molecule has 7 nitrogen and oxygen atoms in total. The Bertz CT molecular complexity index is 835. The molecule has 2 aliphatic heterocycles. The number of nitrogens with one attached hydrogen (secondary N) is 2. The third-order valence-corrected chi connectivity index (χ3v) is 5.58. The van der Waals surface area contributed by atoms with Gasteiger partial charge in [0.25, 0.3) is 5.91 Å². The molecule has 0 saturated carbocycles. The minimum absolute atomic E-state index is 0.0837. The van der Waals surface area contributed by atoms with E-state index < -0.39 is 39.9 Å². The van der Waals surface area contributed by atoms with Gasteiger partial charge in [-0.05, 0) is 31.6 Å². The van der Waals surface area contributed by atoms with E-state index in [4.69, 9.17) is 0 Å². The normalized spacial score (nSPS) is 23.5. The van der Waals surface area contributed by atoms with Crippen LogP contribution in [0.15, 0.2) is 17.7 Å². The minimum atomic E-state index is -4.20. The zero-order valence-corrected chi connectivity index (χ0v) is 13.4. The molecule has 23 heavy (non-hydrogen) atoms. The van der Waals surface area contributed by atoms with Crippen LogP contribution in [0.3, 0.4) is 0 Å². The van der Waals surface area contributed by atoms with Gasteiger partial charge in [-0.2, -0.15) is 8.42 Å². The van der Waals surface area contributed by atoms with Gasteiger partial charge in [-0.3, -0.25) is 4.79 Å². The summed E-state index contributed by atoms with van der Waals surface area (Å²) in [5.74, 6) is -2.18. The number of anilines is 1. The van der Waals surface area contributed by atoms with Crippen molar-refractivity contribution in [2.24, 2.45) is 0 Å². The lowest BCUT2D eigenvalue weighted by molar-refractivity contribution is -0.117. The molecule has 1 aromatic carbocycles. The molecule has 0 aliphatic carbocycles. The van der Waals surface area contributed by atoms with Crippen molar-refractivity contribution in [1.29, 1.82) is 0 Å². The number of aromatic hydroxyl groups is 1. The molecule has 0 aromatic heterocycles. The van der Waals surface area contributed by atoms with E-state index in [1.165, 1.54) is 12.1 Å². The van der Waals surface area contributed by atoms with Gasteiger partial charge in [0.15, 0.2) is 5.82 Å². The molecule has 1 amide bonds.